The molecule has 0 amide bonds. The zero-order valence-electron chi connectivity index (χ0n) is 21.9. The molecular formula is C32H23Cl2F3N2O3. The van der Waals surface area contributed by atoms with E-state index in [0.29, 0.717) is 23.7 Å². The highest BCUT2D eigenvalue weighted by atomic mass is 35.5. The van der Waals surface area contributed by atoms with Gasteiger partial charge in [-0.2, -0.15) is 0 Å². The van der Waals surface area contributed by atoms with Gasteiger partial charge >= 0.3 is 12.3 Å². The number of halogens is 5. The van der Waals surface area contributed by atoms with Gasteiger partial charge in [0.15, 0.2) is 0 Å². The van der Waals surface area contributed by atoms with E-state index in [-0.39, 0.29) is 16.7 Å². The normalized spacial score (nSPS) is 15.1. The van der Waals surface area contributed by atoms with Gasteiger partial charge in [-0.15, -0.1) is 24.8 Å². The van der Waals surface area contributed by atoms with Crippen molar-refractivity contribution in [3.8, 4) is 16.9 Å². The Morgan fingerprint density at radius 3 is 2.19 bits per heavy atom. The first-order chi connectivity index (χ1) is 20.0. The number of carboxylic acids is 1. The number of carbonyl (C=O) groups is 1. The summed E-state index contributed by atoms with van der Waals surface area (Å²) in [7, 11) is 0. The summed E-state index contributed by atoms with van der Waals surface area (Å²) in [5.41, 5.74) is 5.05. The molecule has 0 spiro atoms. The molecule has 1 unspecified atom stereocenters. The first-order valence-corrected chi connectivity index (χ1v) is 13.6. The molecule has 214 valence electrons. The number of benzene rings is 3. The Hall–Kier alpha value is -4.27. The minimum Gasteiger partial charge on any atom is -0.478 e. The molecular weight excluding hydrogens is 588 g/mol. The van der Waals surface area contributed by atoms with Crippen molar-refractivity contribution in [2.45, 2.75) is 24.7 Å². The van der Waals surface area contributed by atoms with E-state index in [9.17, 15) is 23.1 Å². The lowest BCUT2D eigenvalue weighted by Gasteiger charge is -2.10. The van der Waals surface area contributed by atoms with E-state index in [2.05, 4.69) is 4.74 Å². The predicted octanol–water partition coefficient (Wildman–Crippen LogP) is 8.47. The molecule has 0 aliphatic heterocycles. The van der Waals surface area contributed by atoms with Crippen LogP contribution in [0.25, 0.3) is 16.7 Å². The summed E-state index contributed by atoms with van der Waals surface area (Å²) in [6, 6.07) is 20.0. The third kappa shape index (κ3) is 7.32. The molecule has 0 fully saturated rings. The summed E-state index contributed by atoms with van der Waals surface area (Å²) >= 11 is 12.8. The van der Waals surface area contributed by atoms with Gasteiger partial charge in [0.05, 0.1) is 16.6 Å². The predicted molar refractivity (Wildman–Crippen MR) is 157 cm³/mol. The highest BCUT2D eigenvalue weighted by Crippen LogP contribution is 2.31. The van der Waals surface area contributed by atoms with Crippen LogP contribution in [0.5, 0.6) is 5.75 Å². The maximum absolute atomic E-state index is 12.5. The number of aromatic carboxylic acids is 1. The molecule has 1 heterocycles. The van der Waals surface area contributed by atoms with Crippen LogP contribution in [0, 0.1) is 0 Å². The van der Waals surface area contributed by atoms with E-state index in [1.165, 1.54) is 12.1 Å². The van der Waals surface area contributed by atoms with Gasteiger partial charge in [-0.1, -0.05) is 78.4 Å². The molecule has 1 N–H and O–H groups in total. The molecule has 0 saturated carbocycles. The number of allylic oxidation sites excluding steroid dienone is 6. The van der Waals surface area contributed by atoms with E-state index in [0.717, 1.165) is 33.7 Å². The van der Waals surface area contributed by atoms with Crippen LogP contribution >= 0.6 is 23.2 Å². The van der Waals surface area contributed by atoms with Crippen LogP contribution in [-0.2, 0) is 13.0 Å². The lowest BCUT2D eigenvalue weighted by atomic mass is 10.0. The largest absolute Gasteiger partial charge is 0.573 e. The summed E-state index contributed by atoms with van der Waals surface area (Å²) in [4.78, 5) is 16.2. The molecule has 5 rings (SSSR count). The van der Waals surface area contributed by atoms with Crippen LogP contribution in [0.3, 0.4) is 0 Å². The molecule has 1 atom stereocenters. The average molecular weight is 611 g/mol. The Morgan fingerprint density at radius 2 is 1.57 bits per heavy atom. The topological polar surface area (TPSA) is 64.3 Å². The maximum atomic E-state index is 12.5. The fraction of sp³-hybridized carbons (Fsp3) is 0.125. The van der Waals surface area contributed by atoms with E-state index in [1.54, 1.807) is 42.5 Å². The van der Waals surface area contributed by atoms with Crippen LogP contribution in [0.4, 0.5) is 13.2 Å². The van der Waals surface area contributed by atoms with Crippen molar-refractivity contribution in [1.82, 2.24) is 9.55 Å². The fourth-order valence-electron chi connectivity index (χ4n) is 4.49. The van der Waals surface area contributed by atoms with Gasteiger partial charge < -0.3 is 14.4 Å². The van der Waals surface area contributed by atoms with Gasteiger partial charge in [-0.25, -0.2) is 9.78 Å². The summed E-state index contributed by atoms with van der Waals surface area (Å²) in [5.74, 6) is -0.512. The van der Waals surface area contributed by atoms with Gasteiger partial charge in [0.2, 0.25) is 0 Å². The number of imidazole rings is 1. The second kappa shape index (κ2) is 12.3. The Kier molecular flexibility index (Phi) is 8.56. The van der Waals surface area contributed by atoms with E-state index < -0.39 is 12.3 Å². The second-order valence-corrected chi connectivity index (χ2v) is 10.5. The minimum atomic E-state index is -4.74. The van der Waals surface area contributed by atoms with E-state index >= 15 is 0 Å². The van der Waals surface area contributed by atoms with Crippen LogP contribution in [-0.4, -0.2) is 32.4 Å². The van der Waals surface area contributed by atoms with Crippen molar-refractivity contribution in [2.75, 3.05) is 0 Å². The highest BCUT2D eigenvalue weighted by Gasteiger charge is 2.31. The summed E-state index contributed by atoms with van der Waals surface area (Å²) in [6.45, 7) is 0.454. The molecule has 1 aliphatic carbocycles. The van der Waals surface area contributed by atoms with Gasteiger partial charge in [-0.05, 0) is 52.6 Å². The van der Waals surface area contributed by atoms with Crippen molar-refractivity contribution in [1.29, 1.82) is 0 Å². The first-order valence-electron chi connectivity index (χ1n) is 12.8. The molecule has 1 aromatic heterocycles. The molecule has 0 saturated heterocycles. The monoisotopic (exact) mass is 610 g/mol. The minimum absolute atomic E-state index is 0.204. The standard InChI is InChI=1S/C32H23Cl2F3N2O3/c33-25-2-1-3-27(28(34)17-25)29-19-39(18-21-6-10-24(11-7-21)31(40)41)30(38-29)16-20-4-8-22(9-5-20)23-12-14-26(15-13-23)42-32(35,36)37/h1-15,17,19,25H,16,18H2,(H,40,41). The molecule has 5 nitrogen and oxygen atoms in total. The lowest BCUT2D eigenvalue weighted by Crippen LogP contribution is -2.16. The Morgan fingerprint density at radius 1 is 0.952 bits per heavy atom. The summed E-state index contributed by atoms with van der Waals surface area (Å²) in [6.07, 6.45) is 4.90. The Labute approximate surface area is 249 Å². The number of hydrogen-bond donors (Lipinski definition) is 1. The molecule has 0 bridgehead atoms. The van der Waals surface area contributed by atoms with Crippen LogP contribution in [0.15, 0.2) is 108 Å². The Bertz CT molecular complexity index is 1670. The number of aromatic nitrogens is 2. The molecule has 42 heavy (non-hydrogen) atoms. The van der Waals surface area contributed by atoms with Gasteiger partial charge in [-0.3, -0.25) is 0 Å². The molecule has 1 aliphatic rings. The third-order valence-corrected chi connectivity index (χ3v) is 7.15. The van der Waals surface area contributed by atoms with Gasteiger partial charge in [0.1, 0.15) is 11.6 Å². The zero-order chi connectivity index (χ0) is 29.9. The van der Waals surface area contributed by atoms with E-state index in [1.807, 2.05) is 53.3 Å². The number of nitrogens with zero attached hydrogens (tertiary/aromatic N) is 2. The number of rotatable bonds is 8. The Balaban J connectivity index is 1.41. The quantitative estimate of drug-likeness (QED) is 0.203. The molecule has 4 aromatic rings. The van der Waals surface area contributed by atoms with Crippen molar-refractivity contribution in [3.63, 3.8) is 0 Å². The maximum Gasteiger partial charge on any atom is 0.573 e. The zero-order valence-corrected chi connectivity index (χ0v) is 23.4. The van der Waals surface area contributed by atoms with Crippen LogP contribution in [0.1, 0.15) is 33.0 Å². The molecule has 0 radical (unpaired) electrons. The van der Waals surface area contributed by atoms with Crippen molar-refractivity contribution in [2.24, 2.45) is 0 Å². The first kappa shape index (κ1) is 29.2. The number of ether oxygens (including phenoxy) is 1. The molecule has 3 aromatic carbocycles. The SMILES string of the molecule is O=C(O)c1ccc(Cn2cc(C3=CC=CC(Cl)C=C3Cl)nc2Cc2ccc(-c3ccc(OC(F)(F)F)cc3)cc2)cc1. The van der Waals surface area contributed by atoms with Crippen molar-refractivity contribution < 1.29 is 27.8 Å². The van der Waals surface area contributed by atoms with Crippen molar-refractivity contribution >= 4 is 34.7 Å². The van der Waals surface area contributed by atoms with Crippen LogP contribution < -0.4 is 4.74 Å². The van der Waals surface area contributed by atoms with Gasteiger partial charge in [0, 0.05) is 29.8 Å². The third-order valence-electron chi connectivity index (χ3n) is 6.55. The number of hydrogen-bond acceptors (Lipinski definition) is 3. The summed E-state index contributed by atoms with van der Waals surface area (Å²) in [5, 5.41) is 9.38. The second-order valence-electron chi connectivity index (χ2n) is 9.54. The van der Waals surface area contributed by atoms with E-state index in [4.69, 9.17) is 28.2 Å². The highest BCUT2D eigenvalue weighted by molar-refractivity contribution is 6.38. The van der Waals surface area contributed by atoms with Crippen LogP contribution in [0.2, 0.25) is 0 Å². The average Bonchev–Trinajstić information content (AvgIpc) is 3.23. The lowest BCUT2D eigenvalue weighted by molar-refractivity contribution is -0.274. The fourth-order valence-corrected chi connectivity index (χ4v) is 5.06. The number of carboxylic acid groups (broad SMARTS) is 1. The van der Waals surface area contributed by atoms with Crippen molar-refractivity contribution in [3.05, 3.63) is 137 Å². The smallest absolute Gasteiger partial charge is 0.478 e. The van der Waals surface area contributed by atoms with Gasteiger partial charge in [0.25, 0.3) is 0 Å². The number of alkyl halides is 4. The molecule has 10 heteroatoms. The summed E-state index contributed by atoms with van der Waals surface area (Å²) < 4.78 is 43.4.